The van der Waals surface area contributed by atoms with E-state index >= 15 is 0 Å². The predicted octanol–water partition coefficient (Wildman–Crippen LogP) is 2.39. The van der Waals surface area contributed by atoms with E-state index in [0.29, 0.717) is 5.69 Å². The summed E-state index contributed by atoms with van der Waals surface area (Å²) in [4.78, 5) is 0. The predicted molar refractivity (Wildman–Crippen MR) is 64.3 cm³/mol. The highest BCUT2D eigenvalue weighted by Crippen LogP contribution is 2.23. The van der Waals surface area contributed by atoms with Crippen molar-refractivity contribution in [2.75, 3.05) is 5.32 Å². The summed E-state index contributed by atoms with van der Waals surface area (Å²) >= 11 is 6.78. The molecule has 0 aliphatic carbocycles. The molecule has 2 nitrogen and oxygen atoms in total. The van der Waals surface area contributed by atoms with Crippen molar-refractivity contribution in [1.82, 2.24) is 0 Å². The molecule has 1 aromatic carbocycles. The van der Waals surface area contributed by atoms with Gasteiger partial charge in [-0.05, 0) is 59.4 Å². The Labute approximate surface area is 94.8 Å². The van der Waals surface area contributed by atoms with Crippen LogP contribution >= 0.6 is 34.8 Å². The van der Waals surface area contributed by atoms with Gasteiger partial charge in [0.05, 0.1) is 5.69 Å². The summed E-state index contributed by atoms with van der Waals surface area (Å²) in [6.45, 7) is 1.83. The lowest BCUT2D eigenvalue weighted by Gasteiger charge is -2.08. The molecule has 13 heavy (non-hydrogen) atoms. The van der Waals surface area contributed by atoms with Crippen LogP contribution in [0.2, 0.25) is 0 Å². The van der Waals surface area contributed by atoms with Gasteiger partial charge in [0.15, 0.2) is 5.11 Å². The van der Waals surface area contributed by atoms with Gasteiger partial charge in [0, 0.05) is 3.57 Å². The number of nitrogens with one attached hydrogen (secondary N) is 1. The van der Waals surface area contributed by atoms with Gasteiger partial charge in [0.1, 0.15) is 5.82 Å². The Bertz CT molecular complexity index is 354. The lowest BCUT2D eigenvalue weighted by atomic mass is 10.2. The molecule has 0 saturated carbocycles. The van der Waals surface area contributed by atoms with Gasteiger partial charge in [-0.25, -0.2) is 4.39 Å². The van der Waals surface area contributed by atoms with Gasteiger partial charge in [-0.1, -0.05) is 0 Å². The van der Waals surface area contributed by atoms with Crippen LogP contribution in [0.1, 0.15) is 5.56 Å². The molecule has 0 bridgehead atoms. The fourth-order valence-corrected chi connectivity index (χ4v) is 1.51. The Morgan fingerprint density at radius 2 is 2.23 bits per heavy atom. The van der Waals surface area contributed by atoms with Crippen molar-refractivity contribution in [3.63, 3.8) is 0 Å². The second kappa shape index (κ2) is 4.19. The molecule has 0 aromatic heterocycles. The Hall–Kier alpha value is -0.430. The fourth-order valence-electron chi connectivity index (χ4n) is 0.949. The van der Waals surface area contributed by atoms with Crippen molar-refractivity contribution >= 4 is 45.6 Å². The van der Waals surface area contributed by atoms with Crippen LogP contribution < -0.4 is 11.1 Å². The first-order chi connectivity index (χ1) is 6.00. The number of aryl methyl sites for hydroxylation is 1. The number of benzene rings is 1. The minimum absolute atomic E-state index is 0.142. The highest BCUT2D eigenvalue weighted by atomic mass is 127. The molecule has 0 radical (unpaired) electrons. The first kappa shape index (κ1) is 10.6. The molecule has 0 spiro atoms. The first-order valence-corrected chi connectivity index (χ1v) is 5.01. The topological polar surface area (TPSA) is 38.0 Å². The van der Waals surface area contributed by atoms with Crippen molar-refractivity contribution < 1.29 is 4.39 Å². The van der Waals surface area contributed by atoms with E-state index < -0.39 is 0 Å². The summed E-state index contributed by atoms with van der Waals surface area (Å²) < 4.78 is 13.9. The molecule has 0 atom stereocenters. The average Bonchev–Trinajstić information content (AvgIpc) is 1.98. The highest BCUT2D eigenvalue weighted by molar-refractivity contribution is 14.1. The molecule has 3 N–H and O–H groups in total. The van der Waals surface area contributed by atoms with Crippen molar-refractivity contribution in [3.05, 3.63) is 27.1 Å². The normalized spacial score (nSPS) is 9.77. The Morgan fingerprint density at radius 3 is 2.77 bits per heavy atom. The van der Waals surface area contributed by atoms with Gasteiger partial charge < -0.3 is 11.1 Å². The first-order valence-electron chi connectivity index (χ1n) is 3.53. The smallest absolute Gasteiger partial charge is 0.168 e. The summed E-state index contributed by atoms with van der Waals surface area (Å²) in [5.41, 5.74) is 6.76. The molecule has 0 amide bonds. The third-order valence-electron chi connectivity index (χ3n) is 1.48. The maximum atomic E-state index is 12.9. The SMILES string of the molecule is Cc1cc(F)cc(NC(N)=S)c1I. The van der Waals surface area contributed by atoms with Gasteiger partial charge in [0.2, 0.25) is 0 Å². The third-order valence-corrected chi connectivity index (χ3v) is 3.01. The van der Waals surface area contributed by atoms with Gasteiger partial charge in [-0.3, -0.25) is 0 Å². The molecule has 0 aliphatic heterocycles. The van der Waals surface area contributed by atoms with Crippen molar-refractivity contribution in [3.8, 4) is 0 Å². The van der Waals surface area contributed by atoms with Gasteiger partial charge in [-0.15, -0.1) is 0 Å². The Balaban J connectivity index is 3.12. The minimum Gasteiger partial charge on any atom is -0.376 e. The van der Waals surface area contributed by atoms with Crippen LogP contribution in [0, 0.1) is 16.3 Å². The average molecular weight is 310 g/mol. The van der Waals surface area contributed by atoms with Gasteiger partial charge in [-0.2, -0.15) is 0 Å². The molecular weight excluding hydrogens is 302 g/mol. The van der Waals surface area contributed by atoms with Crippen LogP contribution in [0.4, 0.5) is 10.1 Å². The lowest BCUT2D eigenvalue weighted by Crippen LogP contribution is -2.19. The van der Waals surface area contributed by atoms with Crippen LogP contribution in [0.15, 0.2) is 12.1 Å². The van der Waals surface area contributed by atoms with Crippen LogP contribution in [0.3, 0.4) is 0 Å². The molecule has 5 heteroatoms. The largest absolute Gasteiger partial charge is 0.376 e. The number of hydrogen-bond donors (Lipinski definition) is 2. The number of halogens is 2. The number of anilines is 1. The summed E-state index contributed by atoms with van der Waals surface area (Å²) in [6.07, 6.45) is 0. The monoisotopic (exact) mass is 310 g/mol. The molecule has 0 fully saturated rings. The molecule has 0 aliphatic rings. The number of rotatable bonds is 1. The molecular formula is C8H8FIN2S. The number of nitrogens with two attached hydrogens (primary N) is 1. The van der Waals surface area contributed by atoms with Crippen LogP contribution in [0.25, 0.3) is 0 Å². The fraction of sp³-hybridized carbons (Fsp3) is 0.125. The second-order valence-corrected chi connectivity index (χ2v) is 4.09. The molecule has 0 saturated heterocycles. The van der Waals surface area contributed by atoms with Gasteiger partial charge in [0.25, 0.3) is 0 Å². The van der Waals surface area contributed by atoms with Crippen molar-refractivity contribution in [2.45, 2.75) is 6.92 Å². The zero-order valence-corrected chi connectivity index (χ0v) is 9.87. The number of thiocarbonyl (C=S) groups is 1. The van der Waals surface area contributed by atoms with Crippen molar-refractivity contribution in [2.24, 2.45) is 5.73 Å². The lowest BCUT2D eigenvalue weighted by molar-refractivity contribution is 0.627. The zero-order valence-electron chi connectivity index (χ0n) is 6.90. The van der Waals surface area contributed by atoms with E-state index in [1.807, 2.05) is 6.92 Å². The summed E-state index contributed by atoms with van der Waals surface area (Å²) in [7, 11) is 0. The zero-order chi connectivity index (χ0) is 10.0. The van der Waals surface area contributed by atoms with Crippen LogP contribution in [0.5, 0.6) is 0 Å². The minimum atomic E-state index is -0.295. The van der Waals surface area contributed by atoms with Gasteiger partial charge >= 0.3 is 0 Å². The van der Waals surface area contributed by atoms with Crippen molar-refractivity contribution in [1.29, 1.82) is 0 Å². The standard InChI is InChI=1S/C8H8FIN2S/c1-4-2-5(9)3-6(7(4)10)12-8(11)13/h2-3H,1H3,(H3,11,12,13). The molecule has 0 unspecified atom stereocenters. The van der Waals surface area contributed by atoms with Crippen LogP contribution in [-0.2, 0) is 0 Å². The summed E-state index contributed by atoms with van der Waals surface area (Å²) in [5.74, 6) is -0.295. The Kier molecular flexibility index (Phi) is 3.43. The van der Waals surface area contributed by atoms with E-state index in [0.717, 1.165) is 9.13 Å². The molecule has 1 rings (SSSR count). The van der Waals surface area contributed by atoms with Crippen LogP contribution in [-0.4, -0.2) is 5.11 Å². The quantitative estimate of drug-likeness (QED) is 0.618. The second-order valence-electron chi connectivity index (χ2n) is 2.57. The van der Waals surface area contributed by atoms with E-state index in [1.54, 1.807) is 0 Å². The summed E-state index contributed by atoms with van der Waals surface area (Å²) in [5, 5.41) is 2.86. The maximum absolute atomic E-state index is 12.9. The maximum Gasteiger partial charge on any atom is 0.168 e. The third kappa shape index (κ3) is 2.77. The summed E-state index contributed by atoms with van der Waals surface area (Å²) in [6, 6.07) is 2.83. The van der Waals surface area contributed by atoms with E-state index in [2.05, 4.69) is 40.1 Å². The molecule has 0 heterocycles. The molecule has 1 aromatic rings. The molecule has 70 valence electrons. The Morgan fingerprint density at radius 1 is 1.62 bits per heavy atom. The van der Waals surface area contributed by atoms with E-state index in [1.165, 1.54) is 12.1 Å². The van der Waals surface area contributed by atoms with E-state index in [-0.39, 0.29) is 10.9 Å². The van der Waals surface area contributed by atoms with E-state index in [9.17, 15) is 4.39 Å². The van der Waals surface area contributed by atoms with E-state index in [4.69, 9.17) is 5.73 Å². The highest BCUT2D eigenvalue weighted by Gasteiger charge is 2.05. The number of hydrogen-bond acceptors (Lipinski definition) is 1.